The number of benzene rings is 2. The number of nitrogens with one attached hydrogen (secondary N) is 1. The van der Waals surface area contributed by atoms with Crippen molar-refractivity contribution in [3.05, 3.63) is 70.3 Å². The van der Waals surface area contributed by atoms with E-state index < -0.39 is 11.4 Å². The zero-order chi connectivity index (χ0) is 23.3. The summed E-state index contributed by atoms with van der Waals surface area (Å²) in [5, 5.41) is 11.8. The lowest BCUT2D eigenvalue weighted by atomic mass is 9.99. The molecule has 5 rings (SSSR count). The van der Waals surface area contributed by atoms with E-state index in [1.54, 1.807) is 19.1 Å². The van der Waals surface area contributed by atoms with Gasteiger partial charge in [0.2, 0.25) is 0 Å². The van der Waals surface area contributed by atoms with E-state index in [4.69, 9.17) is 0 Å². The summed E-state index contributed by atoms with van der Waals surface area (Å²) in [6.07, 6.45) is 0. The number of halogens is 1. The molecule has 0 unspecified atom stereocenters. The molecular formula is C25H27FN6O. The van der Waals surface area contributed by atoms with Gasteiger partial charge in [-0.25, -0.2) is 4.39 Å². The quantitative estimate of drug-likeness (QED) is 0.519. The van der Waals surface area contributed by atoms with Crippen LogP contribution in [0.25, 0.3) is 28.0 Å². The number of nitrogens with zero attached hydrogens (tertiary/aromatic N) is 5. The Kier molecular flexibility index (Phi) is 5.05. The molecular weight excluding hydrogens is 419 g/mol. The highest BCUT2D eigenvalue weighted by Crippen LogP contribution is 2.29. The number of H-pyrrole nitrogens is 1. The number of rotatable bonds is 3. The maximum atomic E-state index is 14.5. The first kappa shape index (κ1) is 21.3. The van der Waals surface area contributed by atoms with E-state index in [2.05, 4.69) is 58.1 Å². The molecule has 2 aromatic heterocycles. The van der Waals surface area contributed by atoms with Crippen LogP contribution in [0.2, 0.25) is 0 Å². The number of likely N-dealkylation sites (N-methyl/N-ethyl adjacent to an activating group) is 1. The third-order valence-electron chi connectivity index (χ3n) is 6.67. The summed E-state index contributed by atoms with van der Waals surface area (Å²) in [7, 11) is 2.17. The Labute approximate surface area is 191 Å². The van der Waals surface area contributed by atoms with Gasteiger partial charge >= 0.3 is 0 Å². The molecule has 0 radical (unpaired) electrons. The van der Waals surface area contributed by atoms with Crippen LogP contribution in [-0.2, 0) is 0 Å². The molecule has 1 saturated heterocycles. The van der Waals surface area contributed by atoms with Crippen molar-refractivity contribution in [3.8, 4) is 16.9 Å². The smallest absolute Gasteiger partial charge is 0.273 e. The third kappa shape index (κ3) is 3.70. The number of aromatic nitrogens is 4. The van der Waals surface area contributed by atoms with E-state index in [1.807, 2.05) is 12.1 Å². The lowest BCUT2D eigenvalue weighted by Gasteiger charge is -2.46. The number of piperazine rings is 1. The monoisotopic (exact) mass is 446 g/mol. The van der Waals surface area contributed by atoms with Gasteiger partial charge in [0.25, 0.3) is 5.56 Å². The Morgan fingerprint density at radius 3 is 2.55 bits per heavy atom. The molecule has 0 aliphatic carbocycles. The van der Waals surface area contributed by atoms with Crippen molar-refractivity contribution in [1.82, 2.24) is 24.9 Å². The van der Waals surface area contributed by atoms with Gasteiger partial charge in [0.15, 0.2) is 0 Å². The van der Waals surface area contributed by atoms with Crippen LogP contribution in [0.15, 0.2) is 53.3 Å². The minimum absolute atomic E-state index is 0.105. The van der Waals surface area contributed by atoms with Crippen molar-refractivity contribution in [2.75, 3.05) is 31.6 Å². The summed E-state index contributed by atoms with van der Waals surface area (Å²) in [4.78, 5) is 17.4. The fraction of sp³-hybridized carbons (Fsp3) is 0.320. The summed E-state index contributed by atoms with van der Waals surface area (Å²) in [6.45, 7) is 9.20. The van der Waals surface area contributed by atoms with Crippen LogP contribution in [0.3, 0.4) is 0 Å². The molecule has 1 fully saturated rings. The Balaban J connectivity index is 1.53. The maximum Gasteiger partial charge on any atom is 0.273 e. The van der Waals surface area contributed by atoms with Gasteiger partial charge < -0.3 is 4.90 Å². The first-order chi connectivity index (χ1) is 15.7. The van der Waals surface area contributed by atoms with Gasteiger partial charge in [-0.15, -0.1) is 0 Å². The Morgan fingerprint density at radius 1 is 1.09 bits per heavy atom. The second kappa shape index (κ2) is 7.81. The fourth-order valence-electron chi connectivity index (χ4n) is 4.43. The molecule has 8 heteroatoms. The summed E-state index contributed by atoms with van der Waals surface area (Å²) in [5.74, 6) is -0.492. The summed E-state index contributed by atoms with van der Waals surface area (Å²) in [6, 6.07) is 14.3. The van der Waals surface area contributed by atoms with Gasteiger partial charge in [0.1, 0.15) is 22.7 Å². The molecule has 0 atom stereocenters. The highest BCUT2D eigenvalue weighted by atomic mass is 19.1. The predicted octanol–water partition coefficient (Wildman–Crippen LogP) is 3.75. The molecule has 0 bridgehead atoms. The van der Waals surface area contributed by atoms with E-state index in [9.17, 15) is 9.18 Å². The lowest BCUT2D eigenvalue weighted by Crippen LogP contribution is -2.57. The van der Waals surface area contributed by atoms with Crippen LogP contribution < -0.4 is 10.5 Å². The van der Waals surface area contributed by atoms with Crippen molar-refractivity contribution in [1.29, 1.82) is 0 Å². The highest BCUT2D eigenvalue weighted by Gasteiger charge is 2.31. The zero-order valence-corrected chi connectivity index (χ0v) is 19.3. The number of aromatic amines is 1. The van der Waals surface area contributed by atoms with E-state index >= 15 is 0 Å². The molecule has 3 heterocycles. The van der Waals surface area contributed by atoms with Gasteiger partial charge in [-0.3, -0.25) is 14.8 Å². The first-order valence-electron chi connectivity index (χ1n) is 11.1. The second-order valence-electron chi connectivity index (χ2n) is 9.34. The number of fused-ring (bicyclic) bond motifs is 1. The molecule has 1 aliphatic heterocycles. The van der Waals surface area contributed by atoms with Gasteiger partial charge in [-0.2, -0.15) is 14.9 Å². The van der Waals surface area contributed by atoms with E-state index in [0.717, 1.165) is 35.6 Å². The number of anilines is 1. The van der Waals surface area contributed by atoms with Crippen LogP contribution >= 0.6 is 0 Å². The first-order valence-corrected chi connectivity index (χ1v) is 11.1. The Hall–Kier alpha value is -3.52. The summed E-state index contributed by atoms with van der Waals surface area (Å²) >= 11 is 0. The normalized spacial score (nSPS) is 16.5. The Morgan fingerprint density at radius 2 is 1.85 bits per heavy atom. The Bertz CT molecular complexity index is 1370. The van der Waals surface area contributed by atoms with Crippen molar-refractivity contribution < 1.29 is 4.39 Å². The lowest BCUT2D eigenvalue weighted by molar-refractivity contribution is 0.139. The molecule has 7 nitrogen and oxygen atoms in total. The van der Waals surface area contributed by atoms with E-state index in [-0.39, 0.29) is 11.2 Å². The van der Waals surface area contributed by atoms with Gasteiger partial charge in [-0.05, 0) is 51.6 Å². The molecule has 2 aromatic carbocycles. The van der Waals surface area contributed by atoms with Crippen LogP contribution in [0.1, 0.15) is 19.4 Å². The number of hydrogen-bond donors (Lipinski definition) is 1. The second-order valence-corrected chi connectivity index (χ2v) is 9.34. The third-order valence-corrected chi connectivity index (χ3v) is 6.67. The number of para-hydroxylation sites is 1. The minimum Gasteiger partial charge on any atom is -0.368 e. The largest absolute Gasteiger partial charge is 0.368 e. The van der Waals surface area contributed by atoms with Crippen molar-refractivity contribution in [2.45, 2.75) is 26.3 Å². The van der Waals surface area contributed by atoms with Crippen molar-refractivity contribution in [2.24, 2.45) is 0 Å². The molecule has 0 spiro atoms. The average Bonchev–Trinajstić information content (AvgIpc) is 3.18. The molecule has 1 N–H and O–H groups in total. The van der Waals surface area contributed by atoms with Crippen LogP contribution in [0.5, 0.6) is 0 Å². The molecule has 170 valence electrons. The number of hydrogen-bond acceptors (Lipinski definition) is 5. The van der Waals surface area contributed by atoms with Gasteiger partial charge in [-0.1, -0.05) is 24.3 Å². The number of aryl methyl sites for hydroxylation is 1. The average molecular weight is 447 g/mol. The molecule has 0 saturated carbocycles. The van der Waals surface area contributed by atoms with E-state index in [1.165, 1.54) is 12.1 Å². The van der Waals surface area contributed by atoms with Crippen LogP contribution in [0.4, 0.5) is 10.1 Å². The maximum absolute atomic E-state index is 14.5. The molecule has 0 amide bonds. The standard InChI is InChI=1S/C25H27FN6O/c1-16-6-5-7-19(26)24(16)32-21(33)14-20-23(29-32)22(28-27-20)17-8-10-18(11-9-17)31-13-12-30(4)25(2,3)15-31/h5-11,14,27H,12-13,15H2,1-4H3. The fourth-order valence-corrected chi connectivity index (χ4v) is 4.43. The molecule has 4 aromatic rings. The predicted molar refractivity (Wildman–Crippen MR) is 129 cm³/mol. The van der Waals surface area contributed by atoms with Crippen LogP contribution in [-0.4, -0.2) is 57.1 Å². The zero-order valence-electron chi connectivity index (χ0n) is 19.3. The van der Waals surface area contributed by atoms with Crippen molar-refractivity contribution >= 4 is 16.7 Å². The van der Waals surface area contributed by atoms with Crippen molar-refractivity contribution in [3.63, 3.8) is 0 Å². The topological polar surface area (TPSA) is 70.1 Å². The molecule has 1 aliphatic rings. The highest BCUT2D eigenvalue weighted by molar-refractivity contribution is 5.89. The minimum atomic E-state index is -0.492. The van der Waals surface area contributed by atoms with E-state index in [0.29, 0.717) is 22.3 Å². The van der Waals surface area contributed by atoms with Gasteiger partial charge in [0, 0.05) is 42.5 Å². The van der Waals surface area contributed by atoms with Crippen LogP contribution in [0, 0.1) is 12.7 Å². The van der Waals surface area contributed by atoms with Gasteiger partial charge in [0.05, 0.1) is 5.52 Å². The summed E-state index contributed by atoms with van der Waals surface area (Å²) in [5.41, 5.74) is 4.17. The summed E-state index contributed by atoms with van der Waals surface area (Å²) < 4.78 is 15.7. The SMILES string of the molecule is Cc1cccc(F)c1-n1nc2c(-c3ccc(N4CCN(C)C(C)(C)C4)cc3)n[nH]c2cc1=O. The molecule has 33 heavy (non-hydrogen) atoms.